The summed E-state index contributed by atoms with van der Waals surface area (Å²) in [7, 11) is 0. The van der Waals surface area contributed by atoms with Crippen LogP contribution in [-0.2, 0) is 27.2 Å². The molecule has 0 rings (SSSR count). The van der Waals surface area contributed by atoms with Gasteiger partial charge in [0.1, 0.15) is 18.3 Å². The third-order valence-corrected chi connectivity index (χ3v) is 1.51. The van der Waals surface area contributed by atoms with E-state index in [9.17, 15) is 4.79 Å². The van der Waals surface area contributed by atoms with Crippen molar-refractivity contribution in [1.82, 2.24) is 0 Å². The quantitative estimate of drug-likeness (QED) is 0.267. The minimum absolute atomic E-state index is 0. The van der Waals surface area contributed by atoms with Gasteiger partial charge in [0.25, 0.3) is 0 Å². The Morgan fingerprint density at radius 2 is 1.50 bits per heavy atom. The maximum absolute atomic E-state index is 10.1. The van der Waals surface area contributed by atoms with Gasteiger partial charge >= 0.3 is 5.97 Å². The van der Waals surface area contributed by atoms with Crippen molar-refractivity contribution in [2.24, 2.45) is 0 Å². The standard InChI is InChI=1S/C6H12O7.Au/c7-1-2(8)3(9)4(10)5(11)6(12)13;/h2-5,7-11H,1H2,(H,12,13);. The molecule has 0 aliphatic rings. The molecular formula is C6H12AuO7. The first-order chi connectivity index (χ1) is 5.91. The normalized spacial score (nSPS) is 18.9. The predicted molar refractivity (Wildman–Crippen MR) is 38.7 cm³/mol. The molecule has 0 heterocycles. The van der Waals surface area contributed by atoms with Crippen molar-refractivity contribution in [2.45, 2.75) is 24.4 Å². The van der Waals surface area contributed by atoms with Crippen molar-refractivity contribution in [3.8, 4) is 0 Å². The molecule has 7 nitrogen and oxygen atoms in total. The maximum atomic E-state index is 10.1. The topological polar surface area (TPSA) is 138 Å². The van der Waals surface area contributed by atoms with Gasteiger partial charge in [-0.1, -0.05) is 0 Å². The zero-order valence-corrected chi connectivity index (χ0v) is 9.08. The Labute approximate surface area is 95.1 Å². The van der Waals surface area contributed by atoms with E-state index < -0.39 is 37.0 Å². The summed E-state index contributed by atoms with van der Waals surface area (Å²) in [6, 6.07) is 0. The minimum Gasteiger partial charge on any atom is -0.479 e. The van der Waals surface area contributed by atoms with E-state index >= 15 is 0 Å². The van der Waals surface area contributed by atoms with Gasteiger partial charge in [-0.2, -0.15) is 0 Å². The number of carboxylic acids is 1. The first-order valence-electron chi connectivity index (χ1n) is 3.47. The van der Waals surface area contributed by atoms with Crippen LogP contribution in [0.1, 0.15) is 0 Å². The summed E-state index contributed by atoms with van der Waals surface area (Å²) in [4.78, 5) is 10.1. The Morgan fingerprint density at radius 1 is 1.07 bits per heavy atom. The van der Waals surface area contributed by atoms with E-state index in [0.717, 1.165) is 0 Å². The number of carboxylic acid groups (broad SMARTS) is 1. The van der Waals surface area contributed by atoms with Crippen molar-refractivity contribution in [2.75, 3.05) is 6.61 Å². The van der Waals surface area contributed by atoms with Crippen LogP contribution >= 0.6 is 0 Å². The van der Waals surface area contributed by atoms with Gasteiger partial charge in [0.15, 0.2) is 6.10 Å². The number of aliphatic hydroxyl groups excluding tert-OH is 5. The molecule has 0 aromatic heterocycles. The second-order valence-electron chi connectivity index (χ2n) is 2.51. The average Bonchev–Trinajstić information content (AvgIpc) is 2.12. The van der Waals surface area contributed by atoms with Gasteiger partial charge in [0, 0.05) is 22.4 Å². The summed E-state index contributed by atoms with van der Waals surface area (Å²) >= 11 is 0. The number of aliphatic carboxylic acids is 1. The molecule has 0 aliphatic carbocycles. The Balaban J connectivity index is 0. The zero-order chi connectivity index (χ0) is 10.6. The van der Waals surface area contributed by atoms with Gasteiger partial charge in [0.2, 0.25) is 0 Å². The van der Waals surface area contributed by atoms with Gasteiger partial charge < -0.3 is 30.6 Å². The Morgan fingerprint density at radius 3 is 1.79 bits per heavy atom. The van der Waals surface area contributed by atoms with Crippen LogP contribution in [0.25, 0.3) is 0 Å². The van der Waals surface area contributed by atoms with Crippen LogP contribution in [0.4, 0.5) is 0 Å². The van der Waals surface area contributed by atoms with E-state index in [0.29, 0.717) is 0 Å². The number of hydrogen-bond donors (Lipinski definition) is 6. The molecule has 8 heteroatoms. The van der Waals surface area contributed by atoms with Crippen molar-refractivity contribution < 1.29 is 57.8 Å². The molecule has 1 radical (unpaired) electrons. The van der Waals surface area contributed by atoms with E-state index in [1.807, 2.05) is 0 Å². The van der Waals surface area contributed by atoms with E-state index in [4.69, 9.17) is 30.6 Å². The molecule has 0 fully saturated rings. The minimum atomic E-state index is -2.20. The van der Waals surface area contributed by atoms with Crippen LogP contribution in [0, 0.1) is 0 Å². The predicted octanol–water partition coefficient (Wildman–Crippen LogP) is -3.50. The van der Waals surface area contributed by atoms with Crippen molar-refractivity contribution >= 4 is 5.97 Å². The molecule has 0 aliphatic heterocycles. The van der Waals surface area contributed by atoms with Crippen molar-refractivity contribution in [3.05, 3.63) is 0 Å². The van der Waals surface area contributed by atoms with Gasteiger partial charge in [-0.25, -0.2) is 4.79 Å². The van der Waals surface area contributed by atoms with Gasteiger partial charge in [0.05, 0.1) is 6.61 Å². The van der Waals surface area contributed by atoms with Gasteiger partial charge in [-0.3, -0.25) is 0 Å². The fourth-order valence-corrected chi connectivity index (χ4v) is 0.668. The third-order valence-electron chi connectivity index (χ3n) is 1.51. The molecule has 4 atom stereocenters. The molecule has 0 aromatic rings. The van der Waals surface area contributed by atoms with Crippen LogP contribution in [0.15, 0.2) is 0 Å². The number of carbonyl (C=O) groups is 1. The summed E-state index contributed by atoms with van der Waals surface area (Å²) in [6.45, 7) is -0.843. The molecule has 4 unspecified atom stereocenters. The van der Waals surface area contributed by atoms with E-state index in [1.54, 1.807) is 0 Å². The number of hydrogen-bond acceptors (Lipinski definition) is 6. The largest absolute Gasteiger partial charge is 0.479 e. The molecule has 6 N–H and O–H groups in total. The van der Waals surface area contributed by atoms with Gasteiger partial charge in [-0.15, -0.1) is 0 Å². The first-order valence-corrected chi connectivity index (χ1v) is 3.47. The van der Waals surface area contributed by atoms with Crippen molar-refractivity contribution in [3.63, 3.8) is 0 Å². The summed E-state index contributed by atoms with van der Waals surface area (Å²) in [5.41, 5.74) is 0. The van der Waals surface area contributed by atoms with Crippen LogP contribution in [-0.4, -0.2) is 67.6 Å². The Bertz CT molecular complexity index is 176. The fraction of sp³-hybridized carbons (Fsp3) is 0.833. The van der Waals surface area contributed by atoms with Crippen LogP contribution in [0.2, 0.25) is 0 Å². The monoisotopic (exact) mass is 393 g/mol. The first kappa shape index (κ1) is 16.4. The van der Waals surface area contributed by atoms with Crippen LogP contribution in [0.5, 0.6) is 0 Å². The Hall–Kier alpha value is 0.0103. The second-order valence-corrected chi connectivity index (χ2v) is 2.51. The molecule has 0 bridgehead atoms. The van der Waals surface area contributed by atoms with Gasteiger partial charge in [-0.05, 0) is 0 Å². The fourth-order valence-electron chi connectivity index (χ4n) is 0.668. The summed E-state index contributed by atoms with van der Waals surface area (Å²) < 4.78 is 0. The average molecular weight is 393 g/mol. The smallest absolute Gasteiger partial charge is 0.335 e. The molecular weight excluding hydrogens is 381 g/mol. The Kier molecular flexibility index (Phi) is 8.60. The molecule has 0 saturated carbocycles. The molecule has 0 aromatic carbocycles. The number of aliphatic hydroxyl groups is 5. The zero-order valence-electron chi connectivity index (χ0n) is 6.91. The summed E-state index contributed by atoms with van der Waals surface area (Å²) in [6.07, 6.45) is -7.84. The molecule has 0 spiro atoms. The van der Waals surface area contributed by atoms with Crippen molar-refractivity contribution in [1.29, 1.82) is 0 Å². The second kappa shape index (κ2) is 7.32. The van der Waals surface area contributed by atoms with E-state index in [2.05, 4.69) is 0 Å². The van der Waals surface area contributed by atoms with Crippen LogP contribution in [0.3, 0.4) is 0 Å². The summed E-state index contributed by atoms with van der Waals surface area (Å²) in [5, 5.41) is 51.8. The molecule has 0 saturated heterocycles. The van der Waals surface area contributed by atoms with E-state index in [-0.39, 0.29) is 22.4 Å². The number of rotatable bonds is 5. The SMILES string of the molecule is O=C(O)C(O)C(O)C(O)C(O)CO.[Au]. The van der Waals surface area contributed by atoms with E-state index in [1.165, 1.54) is 0 Å². The third kappa shape index (κ3) is 4.49. The maximum Gasteiger partial charge on any atom is 0.335 e. The summed E-state index contributed by atoms with van der Waals surface area (Å²) in [5.74, 6) is -1.73. The molecule has 89 valence electrons. The van der Waals surface area contributed by atoms with Crippen LogP contribution < -0.4 is 0 Å². The molecule has 0 amide bonds. The molecule has 14 heavy (non-hydrogen) atoms.